The van der Waals surface area contributed by atoms with E-state index in [-0.39, 0.29) is 30.9 Å². The number of amides is 1. The van der Waals surface area contributed by atoms with Gasteiger partial charge in [0.2, 0.25) is 0 Å². The molecule has 2 atom stereocenters. The van der Waals surface area contributed by atoms with Crippen LogP contribution in [-0.2, 0) is 0 Å². The van der Waals surface area contributed by atoms with Gasteiger partial charge < -0.3 is 16.0 Å². The summed E-state index contributed by atoms with van der Waals surface area (Å²) in [6.45, 7) is -0.0523. The molecule has 3 aromatic heterocycles. The van der Waals surface area contributed by atoms with Crippen LogP contribution in [0.25, 0.3) is 22.2 Å². The third kappa shape index (κ3) is 5.12. The van der Waals surface area contributed by atoms with E-state index >= 15 is 0 Å². The van der Waals surface area contributed by atoms with Crippen molar-refractivity contribution in [1.29, 1.82) is 5.26 Å². The molecule has 0 spiro atoms. The Bertz CT molecular complexity index is 1550. The van der Waals surface area contributed by atoms with E-state index in [0.29, 0.717) is 33.4 Å². The lowest BCUT2D eigenvalue weighted by Gasteiger charge is -2.39. The van der Waals surface area contributed by atoms with Crippen molar-refractivity contribution in [2.75, 3.05) is 23.3 Å². The number of piperidine rings is 1. The van der Waals surface area contributed by atoms with Gasteiger partial charge in [-0.3, -0.25) is 14.8 Å². The standard InChI is InChI=1S/C27H22F3N7O/c28-27(29,30)18-10-19(32)15-37(14-18)25-7-8-33-13-24(25)36-26(38)22-6-5-21-23(35-22)9-17(12-34-21)20-4-2-1-3-16(20)11-31/h1-9,12-13,18-19H,10,14-15,32H2,(H,36,38)/t18?,19-/m0/s1. The molecule has 0 aliphatic carbocycles. The molecule has 11 heteroatoms. The van der Waals surface area contributed by atoms with Gasteiger partial charge in [0.1, 0.15) is 5.69 Å². The number of alkyl halides is 3. The van der Waals surface area contributed by atoms with Crippen molar-refractivity contribution in [2.45, 2.75) is 18.6 Å². The lowest BCUT2D eigenvalue weighted by Crippen LogP contribution is -2.51. The van der Waals surface area contributed by atoms with Gasteiger partial charge in [-0.1, -0.05) is 18.2 Å². The maximum atomic E-state index is 13.4. The number of rotatable bonds is 4. The van der Waals surface area contributed by atoms with Crippen LogP contribution in [0.2, 0.25) is 0 Å². The molecule has 3 N–H and O–H groups in total. The lowest BCUT2D eigenvalue weighted by atomic mass is 9.93. The van der Waals surface area contributed by atoms with Gasteiger partial charge in [-0.15, -0.1) is 0 Å². The number of nitrogens with two attached hydrogens (primary N) is 1. The van der Waals surface area contributed by atoms with Gasteiger partial charge in [-0.05, 0) is 36.8 Å². The summed E-state index contributed by atoms with van der Waals surface area (Å²) >= 11 is 0. The van der Waals surface area contributed by atoms with Crippen LogP contribution in [0, 0.1) is 17.2 Å². The fourth-order valence-corrected chi connectivity index (χ4v) is 4.63. The second kappa shape index (κ2) is 10.1. The van der Waals surface area contributed by atoms with E-state index in [4.69, 9.17) is 5.73 Å². The number of nitrogens with zero attached hydrogens (tertiary/aromatic N) is 5. The Morgan fingerprint density at radius 2 is 1.92 bits per heavy atom. The molecule has 4 heterocycles. The van der Waals surface area contributed by atoms with Crippen LogP contribution in [0.15, 0.2) is 67.1 Å². The summed E-state index contributed by atoms with van der Waals surface area (Å²) in [7, 11) is 0. The van der Waals surface area contributed by atoms with Gasteiger partial charge in [0.25, 0.3) is 5.91 Å². The highest BCUT2D eigenvalue weighted by atomic mass is 19.4. The topological polar surface area (TPSA) is 121 Å². The predicted octanol–water partition coefficient (Wildman–Crippen LogP) is 4.53. The first-order valence-electron chi connectivity index (χ1n) is 11.8. The number of nitriles is 1. The van der Waals surface area contributed by atoms with E-state index in [1.54, 1.807) is 42.6 Å². The number of pyridine rings is 3. The average molecular weight is 518 g/mol. The molecule has 1 saturated heterocycles. The number of hydrogen-bond acceptors (Lipinski definition) is 7. The van der Waals surface area contributed by atoms with E-state index in [9.17, 15) is 23.2 Å². The molecule has 4 aromatic rings. The van der Waals surface area contributed by atoms with Crippen LogP contribution in [0.1, 0.15) is 22.5 Å². The Kier molecular flexibility index (Phi) is 6.65. The minimum Gasteiger partial charge on any atom is -0.368 e. The highest BCUT2D eigenvalue weighted by molar-refractivity contribution is 6.05. The minimum atomic E-state index is -4.37. The van der Waals surface area contributed by atoms with Crippen molar-refractivity contribution in [3.8, 4) is 17.2 Å². The van der Waals surface area contributed by atoms with E-state index in [1.165, 1.54) is 23.4 Å². The number of nitrogens with one attached hydrogen (secondary N) is 1. The monoisotopic (exact) mass is 517 g/mol. The zero-order valence-electron chi connectivity index (χ0n) is 20.0. The molecule has 8 nitrogen and oxygen atoms in total. The van der Waals surface area contributed by atoms with Crippen LogP contribution < -0.4 is 16.0 Å². The van der Waals surface area contributed by atoms with Gasteiger partial charge in [-0.25, -0.2) is 4.98 Å². The van der Waals surface area contributed by atoms with Crippen molar-refractivity contribution >= 4 is 28.3 Å². The molecule has 38 heavy (non-hydrogen) atoms. The van der Waals surface area contributed by atoms with Gasteiger partial charge in [0, 0.05) is 42.7 Å². The fourth-order valence-electron chi connectivity index (χ4n) is 4.63. The zero-order chi connectivity index (χ0) is 26.9. The zero-order valence-corrected chi connectivity index (χ0v) is 20.0. The number of fused-ring (bicyclic) bond motifs is 1. The van der Waals surface area contributed by atoms with Crippen LogP contribution >= 0.6 is 0 Å². The summed E-state index contributed by atoms with van der Waals surface area (Å²) in [6.07, 6.45) is -0.0474. The SMILES string of the molecule is N#Cc1ccccc1-c1cnc2ccc(C(=O)Nc3cnccc3N3CC(C(F)(F)F)C[C@H](N)C3)nc2c1. The lowest BCUT2D eigenvalue weighted by molar-refractivity contribution is -0.177. The van der Waals surface area contributed by atoms with Crippen molar-refractivity contribution in [3.63, 3.8) is 0 Å². The van der Waals surface area contributed by atoms with Crippen LogP contribution in [0.5, 0.6) is 0 Å². The Hall–Kier alpha value is -4.56. The largest absolute Gasteiger partial charge is 0.393 e. The quantitative estimate of drug-likeness (QED) is 0.408. The molecule has 0 saturated carbocycles. The van der Waals surface area contributed by atoms with Crippen molar-refractivity contribution < 1.29 is 18.0 Å². The van der Waals surface area contributed by atoms with Crippen LogP contribution in [0.3, 0.4) is 0 Å². The van der Waals surface area contributed by atoms with Crippen LogP contribution in [-0.4, -0.2) is 46.2 Å². The molecule has 1 amide bonds. The maximum absolute atomic E-state index is 13.4. The first-order valence-corrected chi connectivity index (χ1v) is 11.8. The maximum Gasteiger partial charge on any atom is 0.393 e. The predicted molar refractivity (Wildman–Crippen MR) is 136 cm³/mol. The summed E-state index contributed by atoms with van der Waals surface area (Å²) in [5.41, 5.74) is 9.54. The smallest absolute Gasteiger partial charge is 0.368 e. The van der Waals surface area contributed by atoms with E-state index in [0.717, 1.165) is 0 Å². The normalized spacial score (nSPS) is 17.7. The third-order valence-electron chi connectivity index (χ3n) is 6.46. The average Bonchev–Trinajstić information content (AvgIpc) is 2.92. The molecule has 1 aliphatic rings. The Labute approximate surface area is 216 Å². The summed E-state index contributed by atoms with van der Waals surface area (Å²) in [4.78, 5) is 27.6. The molecule has 0 radical (unpaired) electrons. The highest BCUT2D eigenvalue weighted by Gasteiger charge is 2.44. The van der Waals surface area contributed by atoms with Crippen molar-refractivity contribution in [2.24, 2.45) is 11.7 Å². The number of anilines is 2. The van der Waals surface area contributed by atoms with E-state index in [1.807, 2.05) is 6.07 Å². The van der Waals surface area contributed by atoms with Gasteiger partial charge in [0.15, 0.2) is 0 Å². The number of aromatic nitrogens is 3. The second-order valence-corrected chi connectivity index (χ2v) is 9.10. The highest BCUT2D eigenvalue weighted by Crippen LogP contribution is 2.36. The van der Waals surface area contributed by atoms with Gasteiger partial charge >= 0.3 is 6.18 Å². The summed E-state index contributed by atoms with van der Waals surface area (Å²) < 4.78 is 40.3. The molecule has 5 rings (SSSR count). The minimum absolute atomic E-state index is 0.0864. The second-order valence-electron chi connectivity index (χ2n) is 9.10. The summed E-state index contributed by atoms with van der Waals surface area (Å²) in [6, 6.07) is 15.0. The number of benzene rings is 1. The molecular weight excluding hydrogens is 495 g/mol. The number of halogens is 3. The van der Waals surface area contributed by atoms with E-state index < -0.39 is 24.0 Å². The Morgan fingerprint density at radius 3 is 2.71 bits per heavy atom. The first kappa shape index (κ1) is 25.1. The molecule has 1 aromatic carbocycles. The fraction of sp³-hybridized carbons (Fsp3) is 0.222. The van der Waals surface area contributed by atoms with Gasteiger partial charge in [-0.2, -0.15) is 18.4 Å². The molecule has 1 fully saturated rings. The first-order chi connectivity index (χ1) is 18.2. The molecule has 0 bridgehead atoms. The molecule has 1 unspecified atom stereocenters. The van der Waals surface area contributed by atoms with Crippen LogP contribution in [0.4, 0.5) is 24.5 Å². The molecule has 1 aliphatic heterocycles. The van der Waals surface area contributed by atoms with Gasteiger partial charge in [0.05, 0.1) is 46.2 Å². The van der Waals surface area contributed by atoms with Crippen molar-refractivity contribution in [3.05, 3.63) is 78.4 Å². The molecule has 192 valence electrons. The van der Waals surface area contributed by atoms with Crippen molar-refractivity contribution in [1.82, 2.24) is 15.0 Å². The van der Waals surface area contributed by atoms with E-state index in [2.05, 4.69) is 26.3 Å². The summed E-state index contributed by atoms with van der Waals surface area (Å²) in [5.74, 6) is -2.13. The number of carbonyl (C=O) groups excluding carboxylic acids is 1. The Balaban J connectivity index is 1.42. The summed E-state index contributed by atoms with van der Waals surface area (Å²) in [5, 5.41) is 12.2. The number of carbonyl (C=O) groups is 1. The third-order valence-corrected chi connectivity index (χ3v) is 6.46. The number of hydrogen-bond donors (Lipinski definition) is 2. The molecular formula is C27H22F3N7O. The Morgan fingerprint density at radius 1 is 1.11 bits per heavy atom.